The monoisotopic (exact) mass is 300 g/mol. The Balaban J connectivity index is 2.01. The molecule has 0 amide bonds. The minimum atomic E-state index is -0.370. The number of hydrogen-bond acceptors (Lipinski definition) is 4. The van der Waals surface area contributed by atoms with Crippen LogP contribution in [0.15, 0.2) is 22.7 Å². The van der Waals surface area contributed by atoms with Crippen molar-refractivity contribution < 1.29 is 9.63 Å². The second kappa shape index (κ2) is 6.37. The molecule has 1 aromatic carbocycles. The summed E-state index contributed by atoms with van der Waals surface area (Å²) in [5.74, 6) is 1.13. The third-order valence-corrected chi connectivity index (χ3v) is 3.37. The van der Waals surface area contributed by atoms with Gasteiger partial charge in [-0.05, 0) is 31.0 Å². The molecule has 4 nitrogen and oxygen atoms in total. The van der Waals surface area contributed by atoms with Crippen LogP contribution in [0.2, 0.25) is 10.0 Å². The van der Waals surface area contributed by atoms with Crippen molar-refractivity contribution in [3.8, 4) is 0 Å². The maximum atomic E-state index is 9.20. The zero-order chi connectivity index (χ0) is 13.8. The minimum Gasteiger partial charge on any atom is -0.393 e. The van der Waals surface area contributed by atoms with E-state index in [4.69, 9.17) is 27.7 Å². The van der Waals surface area contributed by atoms with Crippen LogP contribution < -0.4 is 0 Å². The summed E-state index contributed by atoms with van der Waals surface area (Å²) in [6, 6.07) is 5.41. The first-order valence-electron chi connectivity index (χ1n) is 5.98. The highest BCUT2D eigenvalue weighted by atomic mass is 35.5. The highest BCUT2D eigenvalue weighted by Gasteiger charge is 2.09. The van der Waals surface area contributed by atoms with E-state index < -0.39 is 0 Å². The molecule has 0 saturated carbocycles. The van der Waals surface area contributed by atoms with Gasteiger partial charge in [0.25, 0.3) is 0 Å². The van der Waals surface area contributed by atoms with Crippen molar-refractivity contribution in [2.24, 2.45) is 0 Å². The minimum absolute atomic E-state index is 0.370. The molecule has 0 fully saturated rings. The second-order valence-corrected chi connectivity index (χ2v) is 5.23. The molecule has 6 heteroatoms. The average Bonchev–Trinajstić information content (AvgIpc) is 2.79. The molecule has 1 N–H and O–H groups in total. The Labute approximate surface area is 121 Å². The summed E-state index contributed by atoms with van der Waals surface area (Å²) in [5.41, 5.74) is 0.970. The predicted octanol–water partition coefficient (Wildman–Crippen LogP) is 3.28. The molecule has 1 aromatic heterocycles. The summed E-state index contributed by atoms with van der Waals surface area (Å²) in [6.45, 7) is 1.73. The van der Waals surface area contributed by atoms with Gasteiger partial charge in [-0.3, -0.25) is 0 Å². The van der Waals surface area contributed by atoms with Gasteiger partial charge in [-0.25, -0.2) is 0 Å². The Morgan fingerprint density at radius 3 is 2.79 bits per heavy atom. The summed E-state index contributed by atoms with van der Waals surface area (Å²) in [4.78, 5) is 4.26. The zero-order valence-corrected chi connectivity index (χ0v) is 11.9. The maximum Gasteiger partial charge on any atom is 0.226 e. The van der Waals surface area contributed by atoms with Crippen molar-refractivity contribution >= 4 is 23.2 Å². The predicted molar refractivity (Wildman–Crippen MR) is 73.6 cm³/mol. The van der Waals surface area contributed by atoms with Crippen LogP contribution in [0, 0.1) is 0 Å². The lowest BCUT2D eigenvalue weighted by molar-refractivity contribution is 0.180. The topological polar surface area (TPSA) is 59.2 Å². The van der Waals surface area contributed by atoms with Crippen LogP contribution in [-0.4, -0.2) is 21.4 Å². The van der Waals surface area contributed by atoms with E-state index in [-0.39, 0.29) is 6.10 Å². The van der Waals surface area contributed by atoms with Gasteiger partial charge >= 0.3 is 0 Å². The standard InChI is InChI=1S/C13H14Cl2N2O2/c1-8(18)2-5-13-16-12(17-19-13)7-9-3-4-10(14)11(15)6-9/h3-4,6,8,18H,2,5,7H2,1H3. The largest absolute Gasteiger partial charge is 0.393 e. The van der Waals surface area contributed by atoms with E-state index in [1.54, 1.807) is 19.1 Å². The summed E-state index contributed by atoms with van der Waals surface area (Å²) >= 11 is 11.8. The Morgan fingerprint density at radius 2 is 2.11 bits per heavy atom. The summed E-state index contributed by atoms with van der Waals surface area (Å²) in [5, 5.41) is 14.1. The first kappa shape index (κ1) is 14.3. The summed E-state index contributed by atoms with van der Waals surface area (Å²) in [7, 11) is 0. The normalized spacial score (nSPS) is 12.6. The number of aliphatic hydroxyl groups is 1. The number of halogens is 2. The van der Waals surface area contributed by atoms with E-state index in [2.05, 4.69) is 10.1 Å². The molecule has 0 aliphatic heterocycles. The Kier molecular flexibility index (Phi) is 4.80. The second-order valence-electron chi connectivity index (χ2n) is 4.42. The molecule has 1 atom stereocenters. The van der Waals surface area contributed by atoms with E-state index in [1.807, 2.05) is 6.07 Å². The van der Waals surface area contributed by atoms with Crippen molar-refractivity contribution in [1.82, 2.24) is 10.1 Å². The molecule has 1 unspecified atom stereocenters. The Morgan fingerprint density at radius 1 is 1.32 bits per heavy atom. The molecule has 0 bridgehead atoms. The summed E-state index contributed by atoms with van der Waals surface area (Å²) < 4.78 is 5.11. The van der Waals surface area contributed by atoms with Gasteiger partial charge in [0.05, 0.1) is 16.1 Å². The Hall–Kier alpha value is -1.10. The van der Waals surface area contributed by atoms with E-state index >= 15 is 0 Å². The molecule has 102 valence electrons. The van der Waals surface area contributed by atoms with Gasteiger partial charge in [0.1, 0.15) is 0 Å². The molecule has 0 spiro atoms. The van der Waals surface area contributed by atoms with Gasteiger partial charge < -0.3 is 9.63 Å². The number of aryl methyl sites for hydroxylation is 1. The third kappa shape index (κ3) is 4.20. The fraction of sp³-hybridized carbons (Fsp3) is 0.385. The van der Waals surface area contributed by atoms with Gasteiger partial charge in [0.2, 0.25) is 5.89 Å². The maximum absolute atomic E-state index is 9.20. The van der Waals surface area contributed by atoms with Gasteiger partial charge in [0, 0.05) is 12.8 Å². The van der Waals surface area contributed by atoms with Crippen LogP contribution in [0.25, 0.3) is 0 Å². The van der Waals surface area contributed by atoms with Crippen LogP contribution in [0.3, 0.4) is 0 Å². The zero-order valence-electron chi connectivity index (χ0n) is 10.4. The highest BCUT2D eigenvalue weighted by molar-refractivity contribution is 6.42. The molecular formula is C13H14Cl2N2O2. The molecule has 19 heavy (non-hydrogen) atoms. The van der Waals surface area contributed by atoms with Gasteiger partial charge in [0.15, 0.2) is 5.82 Å². The van der Waals surface area contributed by atoms with E-state index in [1.165, 1.54) is 0 Å². The first-order valence-corrected chi connectivity index (χ1v) is 6.73. The van der Waals surface area contributed by atoms with Crippen LogP contribution in [0.4, 0.5) is 0 Å². The van der Waals surface area contributed by atoms with E-state index in [9.17, 15) is 5.11 Å². The first-order chi connectivity index (χ1) is 9.04. The van der Waals surface area contributed by atoms with Crippen molar-refractivity contribution in [3.05, 3.63) is 45.5 Å². The fourth-order valence-electron chi connectivity index (χ4n) is 1.63. The number of aromatic nitrogens is 2. The molecular weight excluding hydrogens is 287 g/mol. The number of aliphatic hydroxyl groups excluding tert-OH is 1. The average molecular weight is 301 g/mol. The number of rotatable bonds is 5. The van der Waals surface area contributed by atoms with Gasteiger partial charge in [-0.2, -0.15) is 4.98 Å². The van der Waals surface area contributed by atoms with Crippen LogP contribution in [0.1, 0.15) is 30.6 Å². The number of nitrogens with zero attached hydrogens (tertiary/aromatic N) is 2. The Bertz CT molecular complexity index is 555. The van der Waals surface area contributed by atoms with Gasteiger partial charge in [-0.15, -0.1) is 0 Å². The van der Waals surface area contributed by atoms with Crippen molar-refractivity contribution in [2.75, 3.05) is 0 Å². The number of hydrogen-bond donors (Lipinski definition) is 1. The third-order valence-electron chi connectivity index (χ3n) is 2.63. The van der Waals surface area contributed by atoms with Crippen LogP contribution >= 0.6 is 23.2 Å². The van der Waals surface area contributed by atoms with Crippen molar-refractivity contribution in [3.63, 3.8) is 0 Å². The molecule has 0 aliphatic carbocycles. The molecule has 0 saturated heterocycles. The smallest absolute Gasteiger partial charge is 0.226 e. The molecule has 0 radical (unpaired) electrons. The van der Waals surface area contributed by atoms with Gasteiger partial charge in [-0.1, -0.05) is 34.4 Å². The quantitative estimate of drug-likeness (QED) is 0.920. The number of benzene rings is 1. The van der Waals surface area contributed by atoms with Crippen LogP contribution in [0.5, 0.6) is 0 Å². The van der Waals surface area contributed by atoms with Crippen molar-refractivity contribution in [2.45, 2.75) is 32.3 Å². The highest BCUT2D eigenvalue weighted by Crippen LogP contribution is 2.23. The SMILES string of the molecule is CC(O)CCc1nc(Cc2ccc(Cl)c(Cl)c2)no1. The molecule has 1 heterocycles. The molecule has 0 aliphatic rings. The van der Waals surface area contributed by atoms with E-state index in [0.717, 1.165) is 5.56 Å². The van der Waals surface area contributed by atoms with Crippen LogP contribution in [-0.2, 0) is 12.8 Å². The lowest BCUT2D eigenvalue weighted by atomic mass is 10.1. The summed E-state index contributed by atoms with van der Waals surface area (Å²) in [6.07, 6.45) is 1.35. The molecule has 2 rings (SSSR count). The van der Waals surface area contributed by atoms with Crippen molar-refractivity contribution in [1.29, 1.82) is 0 Å². The molecule has 2 aromatic rings. The lowest BCUT2D eigenvalue weighted by Crippen LogP contribution is -2.01. The van der Waals surface area contributed by atoms with E-state index in [0.29, 0.717) is 41.0 Å². The lowest BCUT2D eigenvalue weighted by Gasteiger charge is -2.00. The fourth-order valence-corrected chi connectivity index (χ4v) is 1.95.